The molecule has 0 bridgehead atoms. The number of carbonyl (C=O) groups excluding carboxylic acids is 3. The maximum Gasteiger partial charge on any atom is 0.472 e. The van der Waals surface area contributed by atoms with Crippen LogP contribution in [0.25, 0.3) is 0 Å². The smallest absolute Gasteiger partial charge is 0.472 e. The predicted octanol–water partition coefficient (Wildman–Crippen LogP) is 10.3. The van der Waals surface area contributed by atoms with Crippen molar-refractivity contribution in [1.82, 2.24) is 0 Å². The molecule has 57 heavy (non-hydrogen) atoms. The number of ether oxygens (including phenoxy) is 2. The van der Waals surface area contributed by atoms with E-state index < -0.39 is 57.7 Å². The molecule has 12 nitrogen and oxygen atoms in total. The lowest BCUT2D eigenvalue weighted by atomic mass is 10.1. The number of ketones is 1. The molecule has 0 saturated heterocycles. The zero-order valence-corrected chi connectivity index (χ0v) is 35.8. The molecular weight excluding hydrogens is 749 g/mol. The van der Waals surface area contributed by atoms with Gasteiger partial charge in [-0.15, -0.1) is 0 Å². The first-order valence-corrected chi connectivity index (χ1v) is 22.8. The Morgan fingerprint density at radius 1 is 0.596 bits per heavy atom. The fraction of sp³-hybridized carbons (Fsp3) is 0.682. The molecule has 0 rings (SSSR count). The van der Waals surface area contributed by atoms with Gasteiger partial charge >= 0.3 is 25.7 Å². The van der Waals surface area contributed by atoms with Crippen LogP contribution in [0.15, 0.2) is 60.8 Å². The van der Waals surface area contributed by atoms with Crippen LogP contribution >= 0.6 is 7.82 Å². The summed E-state index contributed by atoms with van der Waals surface area (Å²) in [5.74, 6) is -2.84. The quantitative estimate of drug-likeness (QED) is 0.0133. The van der Waals surface area contributed by atoms with E-state index >= 15 is 0 Å². The van der Waals surface area contributed by atoms with E-state index in [0.717, 1.165) is 51.4 Å². The van der Waals surface area contributed by atoms with Crippen molar-refractivity contribution in [2.24, 2.45) is 5.73 Å². The molecule has 0 radical (unpaired) electrons. The van der Waals surface area contributed by atoms with E-state index in [0.29, 0.717) is 6.42 Å². The lowest BCUT2D eigenvalue weighted by Crippen LogP contribution is -2.34. The molecule has 0 aliphatic rings. The van der Waals surface area contributed by atoms with Gasteiger partial charge in [0, 0.05) is 19.3 Å². The number of allylic oxidation sites excluding steroid dienone is 10. The molecule has 0 saturated carbocycles. The highest BCUT2D eigenvalue weighted by atomic mass is 31.2. The van der Waals surface area contributed by atoms with Gasteiger partial charge in [-0.2, -0.15) is 0 Å². The van der Waals surface area contributed by atoms with E-state index in [1.165, 1.54) is 70.3 Å². The minimum absolute atomic E-state index is 0.0974. The van der Waals surface area contributed by atoms with E-state index in [9.17, 15) is 28.6 Å². The molecule has 0 aliphatic heterocycles. The fourth-order valence-electron chi connectivity index (χ4n) is 5.31. The molecule has 0 spiro atoms. The number of phosphoric ester groups is 1. The zero-order valence-electron chi connectivity index (χ0n) is 34.9. The van der Waals surface area contributed by atoms with Crippen molar-refractivity contribution in [3.05, 3.63) is 60.8 Å². The number of rotatable bonds is 39. The molecule has 4 N–H and O–H groups in total. The van der Waals surface area contributed by atoms with Crippen LogP contribution in [0.1, 0.15) is 162 Å². The van der Waals surface area contributed by atoms with Gasteiger partial charge in [-0.25, -0.2) is 4.57 Å². The summed E-state index contributed by atoms with van der Waals surface area (Å²) in [7, 11) is -4.78. The van der Waals surface area contributed by atoms with Gasteiger partial charge in [-0.05, 0) is 70.3 Å². The highest BCUT2D eigenvalue weighted by molar-refractivity contribution is 7.47. The number of aliphatic carboxylic acids is 1. The van der Waals surface area contributed by atoms with E-state index in [1.54, 1.807) is 12.2 Å². The monoisotopic (exact) mass is 823 g/mol. The summed E-state index contributed by atoms with van der Waals surface area (Å²) in [5.41, 5.74) is 5.31. The minimum Gasteiger partial charge on any atom is -0.480 e. The molecule has 0 aromatic rings. The third-order valence-corrected chi connectivity index (χ3v) is 9.67. The highest BCUT2D eigenvalue weighted by Crippen LogP contribution is 2.43. The fourth-order valence-corrected chi connectivity index (χ4v) is 6.08. The molecule has 326 valence electrons. The number of unbranched alkanes of at least 4 members (excludes halogenated alkanes) is 14. The Labute approximate surface area is 343 Å². The van der Waals surface area contributed by atoms with Crippen molar-refractivity contribution < 1.29 is 52.3 Å². The third kappa shape index (κ3) is 38.2. The second-order valence-electron chi connectivity index (χ2n) is 14.2. The molecule has 0 amide bonds. The minimum atomic E-state index is -4.78. The first kappa shape index (κ1) is 53.9. The maximum absolute atomic E-state index is 12.6. The van der Waals surface area contributed by atoms with E-state index in [2.05, 4.69) is 54.8 Å². The number of carboxylic acid groups (broad SMARTS) is 1. The van der Waals surface area contributed by atoms with Crippen LogP contribution in [-0.2, 0) is 42.3 Å². The zero-order chi connectivity index (χ0) is 42.2. The van der Waals surface area contributed by atoms with Gasteiger partial charge in [0.2, 0.25) is 0 Å². The standard InChI is InChI=1S/C44H74NO11P/c1-3-5-7-9-11-13-15-17-18-20-22-24-26-28-30-34-42(47)53-36-40(37-54-57(51,52)55-38-41(45)44(49)50)56-43(48)35-31-33-39(46)32-29-27-25-23-21-19-16-14-12-10-8-6-4-2/h12-15,19,21,25,27,29,32,40-41H,3-11,16-18,20,22-24,26,28,30-31,33-38,45H2,1-2H3,(H,49,50)(H,51,52)/b14-12-,15-13-,21-19-,27-25-,32-29+/t40-,41+/m1/s1. The van der Waals surface area contributed by atoms with Crippen LogP contribution in [0.3, 0.4) is 0 Å². The highest BCUT2D eigenvalue weighted by Gasteiger charge is 2.28. The molecule has 1 unspecified atom stereocenters. The van der Waals surface area contributed by atoms with Crippen LogP contribution < -0.4 is 5.73 Å². The number of carbonyl (C=O) groups is 4. The van der Waals surface area contributed by atoms with Crippen LogP contribution in [-0.4, -0.2) is 65.7 Å². The normalized spacial score (nSPS) is 14.2. The first-order chi connectivity index (χ1) is 27.5. The predicted molar refractivity (Wildman–Crippen MR) is 226 cm³/mol. The number of nitrogens with two attached hydrogens (primary N) is 1. The SMILES string of the molecule is CCCCC/C=C\C/C=C\C/C=C\C=C\C(=O)CCCC(=O)O[C@H](COC(=O)CCCCCCCCC/C=C\CCCCCC)COP(=O)(O)OC[C@H](N)C(=O)O. The second-order valence-corrected chi connectivity index (χ2v) is 15.6. The number of phosphoric acid groups is 1. The number of hydrogen-bond donors (Lipinski definition) is 3. The van der Waals surface area contributed by atoms with Gasteiger partial charge < -0.3 is 25.2 Å². The van der Waals surface area contributed by atoms with Gasteiger partial charge in [0.1, 0.15) is 12.6 Å². The lowest BCUT2D eigenvalue weighted by Gasteiger charge is -2.20. The summed E-state index contributed by atoms with van der Waals surface area (Å²) in [5, 5.41) is 8.88. The molecule has 3 atom stereocenters. The van der Waals surface area contributed by atoms with Crippen molar-refractivity contribution in [3.63, 3.8) is 0 Å². The summed E-state index contributed by atoms with van der Waals surface area (Å²) in [6.07, 6.45) is 40.1. The molecule has 13 heteroatoms. The Morgan fingerprint density at radius 2 is 1.11 bits per heavy atom. The Balaban J connectivity index is 4.60. The Kier molecular flexibility index (Phi) is 36.3. The van der Waals surface area contributed by atoms with Gasteiger partial charge in [0.05, 0.1) is 13.2 Å². The van der Waals surface area contributed by atoms with Crippen LogP contribution in [0, 0.1) is 0 Å². The van der Waals surface area contributed by atoms with Gasteiger partial charge in [-0.3, -0.25) is 28.2 Å². The Hall–Kier alpha value is -3.15. The molecule has 0 fully saturated rings. The molecular formula is C44H74NO11P. The number of hydrogen-bond acceptors (Lipinski definition) is 10. The van der Waals surface area contributed by atoms with Crippen molar-refractivity contribution >= 4 is 31.5 Å². The average molecular weight is 824 g/mol. The van der Waals surface area contributed by atoms with Gasteiger partial charge in [-0.1, -0.05) is 133 Å². The molecule has 0 aliphatic carbocycles. The molecule has 0 aromatic carbocycles. The summed E-state index contributed by atoms with van der Waals surface area (Å²) < 4.78 is 32.4. The van der Waals surface area contributed by atoms with Crippen LogP contribution in [0.4, 0.5) is 0 Å². The van der Waals surface area contributed by atoms with Crippen molar-refractivity contribution in [2.45, 2.75) is 174 Å². The summed E-state index contributed by atoms with van der Waals surface area (Å²) in [4.78, 5) is 58.1. The topological polar surface area (TPSA) is 189 Å². The number of carboxylic acids is 1. The largest absolute Gasteiger partial charge is 0.480 e. The first-order valence-electron chi connectivity index (χ1n) is 21.3. The lowest BCUT2D eigenvalue weighted by molar-refractivity contribution is -0.161. The summed E-state index contributed by atoms with van der Waals surface area (Å²) in [6.45, 7) is 2.50. The average Bonchev–Trinajstić information content (AvgIpc) is 3.18. The third-order valence-electron chi connectivity index (χ3n) is 8.71. The molecule has 0 aromatic heterocycles. The maximum atomic E-state index is 12.6. The van der Waals surface area contributed by atoms with E-state index in [-0.39, 0.29) is 31.5 Å². The van der Waals surface area contributed by atoms with Gasteiger partial charge in [0.15, 0.2) is 11.9 Å². The van der Waals surface area contributed by atoms with Crippen molar-refractivity contribution in [2.75, 3.05) is 19.8 Å². The van der Waals surface area contributed by atoms with E-state index in [4.69, 9.17) is 24.8 Å². The van der Waals surface area contributed by atoms with Crippen LogP contribution in [0.5, 0.6) is 0 Å². The molecule has 0 heterocycles. The summed E-state index contributed by atoms with van der Waals surface area (Å²) in [6, 6.07) is -1.56. The Bertz CT molecular complexity index is 1260. The number of esters is 2. The van der Waals surface area contributed by atoms with Crippen molar-refractivity contribution in [3.8, 4) is 0 Å². The van der Waals surface area contributed by atoms with E-state index in [1.807, 2.05) is 6.08 Å². The summed E-state index contributed by atoms with van der Waals surface area (Å²) >= 11 is 0. The van der Waals surface area contributed by atoms with Crippen molar-refractivity contribution in [1.29, 1.82) is 0 Å². The van der Waals surface area contributed by atoms with Crippen LogP contribution in [0.2, 0.25) is 0 Å². The Morgan fingerprint density at radius 3 is 1.75 bits per heavy atom. The second kappa shape index (κ2) is 38.4. The van der Waals surface area contributed by atoms with Gasteiger partial charge in [0.25, 0.3) is 0 Å².